The fourth-order valence-electron chi connectivity index (χ4n) is 1.51. The molecular weight excluding hydrogens is 252 g/mol. The maximum absolute atomic E-state index is 11.7. The Morgan fingerprint density at radius 3 is 2.44 bits per heavy atom. The van der Waals surface area contributed by atoms with E-state index in [1.807, 2.05) is 7.05 Å². The molecule has 0 aromatic rings. The number of nitrogens with zero attached hydrogens (tertiary/aromatic N) is 1. The summed E-state index contributed by atoms with van der Waals surface area (Å²) in [5, 5.41) is 0. The molecule has 1 amide bonds. The molecule has 0 rings (SSSR count). The molecule has 110 valence electrons. The smallest absolute Gasteiger partial charge is 0.222 e. The molecule has 0 bridgehead atoms. The number of hydrogen-bond donors (Lipinski definition) is 1. The van der Waals surface area contributed by atoms with Crippen molar-refractivity contribution >= 4 is 18.3 Å². The molecule has 2 N–H and O–H groups in total. The second-order valence-electron chi connectivity index (χ2n) is 4.96. The summed E-state index contributed by atoms with van der Waals surface area (Å²) in [5.74, 6) is 0.678. The van der Waals surface area contributed by atoms with E-state index in [2.05, 4.69) is 13.8 Å². The third-order valence-electron chi connectivity index (χ3n) is 3.07. The van der Waals surface area contributed by atoms with Gasteiger partial charge in [0.25, 0.3) is 0 Å². The Morgan fingerprint density at radius 1 is 1.33 bits per heavy atom. The molecule has 0 spiro atoms. The lowest BCUT2D eigenvalue weighted by Gasteiger charge is -2.21. The summed E-state index contributed by atoms with van der Waals surface area (Å²) in [7, 11) is 3.53. The topological polar surface area (TPSA) is 55.6 Å². The number of carbonyl (C=O) groups excluding carboxylic acids is 1. The van der Waals surface area contributed by atoms with Crippen LogP contribution in [0.25, 0.3) is 0 Å². The molecule has 0 aromatic heterocycles. The number of nitrogens with two attached hydrogens (primary N) is 1. The Hall–Kier alpha value is -0.320. The highest BCUT2D eigenvalue weighted by molar-refractivity contribution is 5.85. The summed E-state index contributed by atoms with van der Waals surface area (Å²) >= 11 is 0. The number of hydrogen-bond acceptors (Lipinski definition) is 3. The maximum Gasteiger partial charge on any atom is 0.222 e. The van der Waals surface area contributed by atoms with Gasteiger partial charge in [-0.05, 0) is 25.2 Å². The van der Waals surface area contributed by atoms with E-state index in [-0.39, 0.29) is 24.4 Å². The van der Waals surface area contributed by atoms with Crippen molar-refractivity contribution in [2.45, 2.75) is 45.6 Å². The molecule has 5 heteroatoms. The molecule has 4 nitrogen and oxygen atoms in total. The quantitative estimate of drug-likeness (QED) is 0.658. The first-order valence-electron chi connectivity index (χ1n) is 6.47. The fourth-order valence-corrected chi connectivity index (χ4v) is 1.51. The number of carbonyl (C=O) groups is 1. The Morgan fingerprint density at radius 2 is 1.94 bits per heavy atom. The first kappa shape index (κ1) is 20.0. The van der Waals surface area contributed by atoms with Crippen LogP contribution in [0.3, 0.4) is 0 Å². The van der Waals surface area contributed by atoms with Gasteiger partial charge in [-0.25, -0.2) is 0 Å². The molecule has 0 radical (unpaired) electrons. The van der Waals surface area contributed by atoms with Gasteiger partial charge >= 0.3 is 0 Å². The summed E-state index contributed by atoms with van der Waals surface area (Å²) in [6.45, 7) is 5.70. The normalized spacial score (nSPS) is 12.1. The standard InChI is InChI=1S/C13H28N2O2.ClH/c1-11(2)12(14)8-9-15(3)13(16)7-5-6-10-17-4;/h11-12H,5-10,14H2,1-4H3;1H. The molecule has 0 aliphatic carbocycles. The number of halogens is 1. The fraction of sp³-hybridized carbons (Fsp3) is 0.923. The summed E-state index contributed by atoms with van der Waals surface area (Å²) in [6.07, 6.45) is 3.32. The van der Waals surface area contributed by atoms with Crippen LogP contribution in [0.15, 0.2) is 0 Å². The molecule has 0 heterocycles. The molecule has 1 unspecified atom stereocenters. The lowest BCUT2D eigenvalue weighted by atomic mass is 10.0. The van der Waals surface area contributed by atoms with Gasteiger partial charge in [0.2, 0.25) is 5.91 Å². The molecule has 0 aromatic carbocycles. The number of ether oxygens (including phenoxy) is 1. The second-order valence-corrected chi connectivity index (χ2v) is 4.96. The van der Waals surface area contributed by atoms with Crippen molar-refractivity contribution in [3.63, 3.8) is 0 Å². The first-order valence-corrected chi connectivity index (χ1v) is 6.47. The van der Waals surface area contributed by atoms with Gasteiger partial charge in [-0.15, -0.1) is 12.4 Å². The largest absolute Gasteiger partial charge is 0.385 e. The van der Waals surface area contributed by atoms with Gasteiger partial charge in [-0.3, -0.25) is 4.79 Å². The van der Waals surface area contributed by atoms with Crippen molar-refractivity contribution in [1.82, 2.24) is 4.90 Å². The number of unbranched alkanes of at least 4 members (excludes halogenated alkanes) is 1. The summed E-state index contributed by atoms with van der Waals surface area (Å²) < 4.78 is 4.95. The van der Waals surface area contributed by atoms with E-state index in [9.17, 15) is 4.79 Å². The minimum Gasteiger partial charge on any atom is -0.385 e. The number of amides is 1. The molecule has 18 heavy (non-hydrogen) atoms. The molecule has 0 fully saturated rings. The Labute approximate surface area is 118 Å². The predicted molar refractivity (Wildman–Crippen MR) is 78.0 cm³/mol. The molecule has 0 aliphatic heterocycles. The molecule has 0 saturated carbocycles. The van der Waals surface area contributed by atoms with Gasteiger partial charge in [-0.2, -0.15) is 0 Å². The predicted octanol–water partition coefficient (Wildman–Crippen LogP) is 2.06. The van der Waals surface area contributed by atoms with Crippen LogP contribution < -0.4 is 5.73 Å². The molecule has 0 aliphatic rings. The minimum atomic E-state index is 0. The zero-order chi connectivity index (χ0) is 13.3. The van der Waals surface area contributed by atoms with Crippen LogP contribution in [-0.2, 0) is 9.53 Å². The summed E-state index contributed by atoms with van der Waals surface area (Å²) in [5.41, 5.74) is 5.95. The van der Waals surface area contributed by atoms with Crippen molar-refractivity contribution < 1.29 is 9.53 Å². The van der Waals surface area contributed by atoms with Gasteiger partial charge in [0.05, 0.1) is 0 Å². The van der Waals surface area contributed by atoms with Gasteiger partial charge in [0.15, 0.2) is 0 Å². The molecule has 1 atom stereocenters. The van der Waals surface area contributed by atoms with E-state index in [1.165, 1.54) is 0 Å². The van der Waals surface area contributed by atoms with Crippen LogP contribution in [0.4, 0.5) is 0 Å². The Bertz CT molecular complexity index is 213. The summed E-state index contributed by atoms with van der Waals surface area (Å²) in [6, 6.07) is 0.179. The first-order chi connectivity index (χ1) is 7.99. The van der Waals surface area contributed by atoms with Crippen LogP contribution in [-0.4, -0.2) is 44.2 Å². The van der Waals surface area contributed by atoms with Gasteiger partial charge in [-0.1, -0.05) is 13.8 Å². The van der Waals surface area contributed by atoms with Crippen molar-refractivity contribution in [1.29, 1.82) is 0 Å². The Kier molecular flexibility index (Phi) is 13.1. The van der Waals surface area contributed by atoms with Crippen molar-refractivity contribution in [2.75, 3.05) is 27.3 Å². The van der Waals surface area contributed by atoms with Crippen molar-refractivity contribution in [3.05, 3.63) is 0 Å². The third kappa shape index (κ3) is 9.68. The highest BCUT2D eigenvalue weighted by Gasteiger charge is 2.12. The van der Waals surface area contributed by atoms with E-state index in [0.717, 1.165) is 32.4 Å². The van der Waals surface area contributed by atoms with E-state index < -0.39 is 0 Å². The third-order valence-corrected chi connectivity index (χ3v) is 3.07. The van der Waals surface area contributed by atoms with E-state index in [1.54, 1.807) is 12.0 Å². The number of methoxy groups -OCH3 is 1. The van der Waals surface area contributed by atoms with Crippen molar-refractivity contribution in [2.24, 2.45) is 11.7 Å². The van der Waals surface area contributed by atoms with Crippen LogP contribution in [0.5, 0.6) is 0 Å². The highest BCUT2D eigenvalue weighted by atomic mass is 35.5. The molecule has 0 saturated heterocycles. The average Bonchev–Trinajstić information content (AvgIpc) is 2.30. The molecular formula is C13H29ClN2O2. The van der Waals surface area contributed by atoms with Crippen molar-refractivity contribution in [3.8, 4) is 0 Å². The van der Waals surface area contributed by atoms with Crippen LogP contribution >= 0.6 is 12.4 Å². The second kappa shape index (κ2) is 11.8. The monoisotopic (exact) mass is 280 g/mol. The minimum absolute atomic E-state index is 0. The average molecular weight is 281 g/mol. The van der Waals surface area contributed by atoms with Gasteiger partial charge in [0.1, 0.15) is 0 Å². The Balaban J connectivity index is 0. The van der Waals surface area contributed by atoms with Crippen LogP contribution in [0, 0.1) is 5.92 Å². The van der Waals surface area contributed by atoms with E-state index in [4.69, 9.17) is 10.5 Å². The zero-order valence-electron chi connectivity index (χ0n) is 12.1. The van der Waals surface area contributed by atoms with Crippen LogP contribution in [0.2, 0.25) is 0 Å². The van der Waals surface area contributed by atoms with Gasteiger partial charge < -0.3 is 15.4 Å². The van der Waals surface area contributed by atoms with E-state index >= 15 is 0 Å². The zero-order valence-corrected chi connectivity index (χ0v) is 13.0. The summed E-state index contributed by atoms with van der Waals surface area (Å²) in [4.78, 5) is 13.5. The van der Waals surface area contributed by atoms with Crippen LogP contribution in [0.1, 0.15) is 39.5 Å². The maximum atomic E-state index is 11.7. The van der Waals surface area contributed by atoms with E-state index in [0.29, 0.717) is 12.3 Å². The SMILES string of the molecule is COCCCCC(=O)N(C)CCC(N)C(C)C.Cl. The highest BCUT2D eigenvalue weighted by Crippen LogP contribution is 2.05. The lowest BCUT2D eigenvalue weighted by Crippen LogP contribution is -2.34. The number of rotatable bonds is 9. The van der Waals surface area contributed by atoms with Gasteiger partial charge in [0, 0.05) is 39.8 Å². The lowest BCUT2D eigenvalue weighted by molar-refractivity contribution is -0.130.